The predicted molar refractivity (Wildman–Crippen MR) is 81.1 cm³/mol. The van der Waals surface area contributed by atoms with Crippen LogP contribution in [0, 0.1) is 0 Å². The smallest absolute Gasteiger partial charge is 0.339 e. The summed E-state index contributed by atoms with van der Waals surface area (Å²) in [4.78, 5) is 14.4. The van der Waals surface area contributed by atoms with Gasteiger partial charge in [0.1, 0.15) is 17.4 Å². The molecule has 0 radical (unpaired) electrons. The van der Waals surface area contributed by atoms with Crippen molar-refractivity contribution in [2.24, 2.45) is 0 Å². The summed E-state index contributed by atoms with van der Waals surface area (Å²) >= 11 is 0. The number of esters is 1. The van der Waals surface area contributed by atoms with Gasteiger partial charge >= 0.3 is 5.97 Å². The predicted octanol–water partition coefficient (Wildman–Crippen LogP) is 2.50. The normalized spacial score (nSPS) is 23.1. The summed E-state index contributed by atoms with van der Waals surface area (Å²) in [5, 5.41) is 3.42. The molecule has 0 fully saturated rings. The van der Waals surface area contributed by atoms with Gasteiger partial charge in [-0.25, -0.2) is 4.79 Å². The van der Waals surface area contributed by atoms with Crippen LogP contribution in [0.3, 0.4) is 0 Å². The van der Waals surface area contributed by atoms with Gasteiger partial charge in [0, 0.05) is 6.54 Å². The number of anilines is 2. The van der Waals surface area contributed by atoms with Gasteiger partial charge < -0.3 is 19.7 Å². The fraction of sp³-hybridized carbons (Fsp3) is 0.438. The van der Waals surface area contributed by atoms with E-state index in [1.165, 1.54) is 0 Å². The monoisotopic (exact) mass is 288 g/mol. The van der Waals surface area contributed by atoms with Crippen LogP contribution in [0.4, 0.5) is 11.4 Å². The number of benzene rings is 1. The largest absolute Gasteiger partial charge is 0.472 e. The minimum atomic E-state index is -0.301. The van der Waals surface area contributed by atoms with Crippen molar-refractivity contribution >= 4 is 17.3 Å². The summed E-state index contributed by atoms with van der Waals surface area (Å²) in [5.41, 5.74) is 2.70. The zero-order valence-corrected chi connectivity index (χ0v) is 12.6. The third-order valence-corrected chi connectivity index (χ3v) is 3.94. The molecule has 0 bridgehead atoms. The maximum absolute atomic E-state index is 12.2. The lowest BCUT2D eigenvalue weighted by atomic mass is 10.0. The van der Waals surface area contributed by atoms with E-state index in [1.807, 2.05) is 32.0 Å². The fourth-order valence-corrected chi connectivity index (χ4v) is 3.04. The summed E-state index contributed by atoms with van der Waals surface area (Å²) in [6.45, 7) is 6.89. The van der Waals surface area contributed by atoms with Crippen LogP contribution in [0.5, 0.6) is 0 Å². The molecule has 1 N–H and O–H groups in total. The number of hydrogen-bond donors (Lipinski definition) is 1. The van der Waals surface area contributed by atoms with Crippen LogP contribution in [0.1, 0.15) is 20.8 Å². The molecule has 5 heteroatoms. The van der Waals surface area contributed by atoms with E-state index in [-0.39, 0.29) is 18.2 Å². The van der Waals surface area contributed by atoms with Crippen LogP contribution < -0.4 is 10.2 Å². The molecule has 0 amide bonds. The Balaban J connectivity index is 1.98. The molecule has 2 atom stereocenters. The average Bonchev–Trinajstić information content (AvgIpc) is 2.80. The first kappa shape index (κ1) is 13.8. The van der Waals surface area contributed by atoms with Gasteiger partial charge in [-0.3, -0.25) is 0 Å². The van der Waals surface area contributed by atoms with Crippen LogP contribution in [-0.4, -0.2) is 31.4 Å². The number of carbonyl (C=O) groups is 1. The number of para-hydroxylation sites is 2. The molecule has 0 saturated heterocycles. The number of allylic oxidation sites excluding steroid dienone is 1. The van der Waals surface area contributed by atoms with Crippen LogP contribution in [0.15, 0.2) is 35.6 Å². The van der Waals surface area contributed by atoms with Gasteiger partial charge in [0.05, 0.1) is 18.0 Å². The Hall–Kier alpha value is -2.17. The third kappa shape index (κ3) is 2.13. The van der Waals surface area contributed by atoms with E-state index in [0.29, 0.717) is 17.9 Å². The molecular formula is C16H20N2O3. The average molecular weight is 288 g/mol. The summed E-state index contributed by atoms with van der Waals surface area (Å²) in [7, 11) is 0. The second-order valence-electron chi connectivity index (χ2n) is 5.12. The van der Waals surface area contributed by atoms with Crippen molar-refractivity contribution in [1.82, 2.24) is 0 Å². The van der Waals surface area contributed by atoms with Crippen LogP contribution in [-0.2, 0) is 14.3 Å². The number of rotatable bonds is 3. The number of fused-ring (bicyclic) bond motifs is 2. The topological polar surface area (TPSA) is 50.8 Å². The molecule has 3 rings (SSSR count). The lowest BCUT2D eigenvalue weighted by Crippen LogP contribution is -2.50. The van der Waals surface area contributed by atoms with E-state index >= 15 is 0 Å². The van der Waals surface area contributed by atoms with Crippen LogP contribution >= 0.6 is 0 Å². The highest BCUT2D eigenvalue weighted by molar-refractivity contribution is 5.93. The van der Waals surface area contributed by atoms with E-state index in [2.05, 4.69) is 23.2 Å². The SMILES string of the molecule is CCOC(=O)C1=C(C)O[C@@H]2[C@@H]1Nc1ccccc1N2CC. The van der Waals surface area contributed by atoms with Gasteiger partial charge in [-0.05, 0) is 32.9 Å². The highest BCUT2D eigenvalue weighted by atomic mass is 16.5. The third-order valence-electron chi connectivity index (χ3n) is 3.94. The zero-order valence-electron chi connectivity index (χ0n) is 12.6. The highest BCUT2D eigenvalue weighted by Crippen LogP contribution is 2.40. The minimum Gasteiger partial charge on any atom is -0.472 e. The summed E-state index contributed by atoms with van der Waals surface area (Å²) in [5.74, 6) is 0.340. The molecule has 0 spiro atoms. The fourth-order valence-electron chi connectivity index (χ4n) is 3.04. The van der Waals surface area contributed by atoms with E-state index in [4.69, 9.17) is 9.47 Å². The van der Waals surface area contributed by atoms with Gasteiger partial charge in [-0.15, -0.1) is 0 Å². The molecule has 2 heterocycles. The van der Waals surface area contributed by atoms with Crippen molar-refractivity contribution in [1.29, 1.82) is 0 Å². The maximum Gasteiger partial charge on any atom is 0.339 e. The standard InChI is InChI=1S/C16H20N2O3/c1-4-18-12-9-7-6-8-11(12)17-14-13(16(19)20-5-2)10(3)21-15(14)18/h6-9,14-15,17H,4-5H2,1-3H3/t14-,15-/m1/s1. The van der Waals surface area contributed by atoms with Crippen molar-refractivity contribution in [2.45, 2.75) is 33.0 Å². The Morgan fingerprint density at radius 2 is 2.14 bits per heavy atom. The van der Waals surface area contributed by atoms with Crippen molar-refractivity contribution < 1.29 is 14.3 Å². The molecule has 0 saturated carbocycles. The van der Waals surface area contributed by atoms with Crippen molar-refractivity contribution in [3.8, 4) is 0 Å². The first-order chi connectivity index (χ1) is 10.2. The number of carbonyl (C=O) groups excluding carboxylic acids is 1. The van der Waals surface area contributed by atoms with Crippen LogP contribution in [0.25, 0.3) is 0 Å². The van der Waals surface area contributed by atoms with Crippen molar-refractivity contribution in [2.75, 3.05) is 23.4 Å². The Morgan fingerprint density at radius 3 is 2.86 bits per heavy atom. The zero-order chi connectivity index (χ0) is 15.0. The van der Waals surface area contributed by atoms with Crippen LogP contribution in [0.2, 0.25) is 0 Å². The van der Waals surface area contributed by atoms with E-state index < -0.39 is 0 Å². The second kappa shape index (κ2) is 5.31. The maximum atomic E-state index is 12.2. The van der Waals surface area contributed by atoms with E-state index in [0.717, 1.165) is 17.9 Å². The number of ether oxygens (including phenoxy) is 2. The summed E-state index contributed by atoms with van der Waals surface area (Å²) < 4.78 is 11.1. The summed E-state index contributed by atoms with van der Waals surface area (Å²) in [6, 6.07) is 7.87. The van der Waals surface area contributed by atoms with Gasteiger partial charge in [0.2, 0.25) is 0 Å². The first-order valence-corrected chi connectivity index (χ1v) is 7.34. The Kier molecular flexibility index (Phi) is 3.49. The molecule has 2 aliphatic heterocycles. The van der Waals surface area contributed by atoms with Gasteiger partial charge in [0.25, 0.3) is 0 Å². The number of hydrogen-bond acceptors (Lipinski definition) is 5. The Bertz CT molecular complexity index is 597. The van der Waals surface area contributed by atoms with Crippen molar-refractivity contribution in [3.63, 3.8) is 0 Å². The molecule has 5 nitrogen and oxygen atoms in total. The molecule has 1 aromatic rings. The molecule has 21 heavy (non-hydrogen) atoms. The molecule has 1 aromatic carbocycles. The molecule has 0 aliphatic carbocycles. The lowest BCUT2D eigenvalue weighted by molar-refractivity contribution is -0.138. The van der Waals surface area contributed by atoms with Gasteiger partial charge in [0.15, 0.2) is 6.23 Å². The Morgan fingerprint density at radius 1 is 1.38 bits per heavy atom. The summed E-state index contributed by atoms with van der Waals surface area (Å²) in [6.07, 6.45) is -0.204. The molecule has 112 valence electrons. The lowest BCUT2D eigenvalue weighted by Gasteiger charge is -2.40. The number of nitrogens with one attached hydrogen (secondary N) is 1. The number of likely N-dealkylation sites (N-methyl/N-ethyl adjacent to an activating group) is 1. The first-order valence-electron chi connectivity index (χ1n) is 7.34. The van der Waals surface area contributed by atoms with E-state index in [1.54, 1.807) is 0 Å². The number of nitrogens with zero attached hydrogens (tertiary/aromatic N) is 1. The molecule has 0 unspecified atom stereocenters. The highest BCUT2D eigenvalue weighted by Gasteiger charge is 2.45. The molecule has 2 aliphatic rings. The quantitative estimate of drug-likeness (QED) is 0.866. The van der Waals surface area contributed by atoms with E-state index in [9.17, 15) is 4.79 Å². The second-order valence-corrected chi connectivity index (χ2v) is 5.12. The minimum absolute atomic E-state index is 0.195. The van der Waals surface area contributed by atoms with Gasteiger partial charge in [-0.2, -0.15) is 0 Å². The molecular weight excluding hydrogens is 268 g/mol. The molecule has 0 aromatic heterocycles. The Labute approximate surface area is 124 Å². The van der Waals surface area contributed by atoms with Gasteiger partial charge in [-0.1, -0.05) is 12.1 Å². The van der Waals surface area contributed by atoms with Crippen molar-refractivity contribution in [3.05, 3.63) is 35.6 Å².